The molecule has 0 aliphatic carbocycles. The molecule has 166 valence electrons. The summed E-state index contributed by atoms with van der Waals surface area (Å²) in [5, 5.41) is 3.06. The Kier molecular flexibility index (Phi) is 6.88. The number of methoxy groups -OCH3 is 1. The van der Waals surface area contributed by atoms with Crippen LogP contribution in [0.2, 0.25) is 0 Å². The van der Waals surface area contributed by atoms with E-state index in [4.69, 9.17) is 4.74 Å². The van der Waals surface area contributed by atoms with Crippen LogP contribution in [-0.2, 0) is 11.3 Å². The smallest absolute Gasteiger partial charge is 0.228 e. The summed E-state index contributed by atoms with van der Waals surface area (Å²) in [6.45, 7) is 3.65. The van der Waals surface area contributed by atoms with Gasteiger partial charge in [-0.25, -0.2) is 4.39 Å². The highest BCUT2D eigenvalue weighted by Gasteiger charge is 2.39. The molecule has 0 unspecified atom stereocenters. The average Bonchev–Trinajstić information content (AvgIpc) is 3.17. The van der Waals surface area contributed by atoms with Crippen LogP contribution in [0.25, 0.3) is 0 Å². The number of halogens is 1. The molecule has 4 rings (SSSR count). The van der Waals surface area contributed by atoms with Crippen LogP contribution in [-0.4, -0.2) is 55.5 Å². The van der Waals surface area contributed by atoms with E-state index >= 15 is 0 Å². The van der Waals surface area contributed by atoms with Crippen molar-refractivity contribution in [3.8, 4) is 5.75 Å². The average molecular weight is 426 g/mol. The van der Waals surface area contributed by atoms with Gasteiger partial charge >= 0.3 is 0 Å². The highest BCUT2D eigenvalue weighted by atomic mass is 19.1. The third-order valence-corrected chi connectivity index (χ3v) is 6.80. The van der Waals surface area contributed by atoms with Crippen molar-refractivity contribution in [2.24, 2.45) is 11.8 Å². The highest BCUT2D eigenvalue weighted by Crippen LogP contribution is 2.34. The summed E-state index contributed by atoms with van der Waals surface area (Å²) in [5.41, 5.74) is 1.84. The quantitative estimate of drug-likeness (QED) is 0.760. The molecule has 0 bridgehead atoms. The topological polar surface area (TPSA) is 44.8 Å². The van der Waals surface area contributed by atoms with E-state index in [9.17, 15) is 9.18 Å². The maximum atomic E-state index is 13.4. The molecule has 0 spiro atoms. The van der Waals surface area contributed by atoms with Crippen LogP contribution in [0.5, 0.6) is 5.75 Å². The van der Waals surface area contributed by atoms with Crippen LogP contribution in [0.15, 0.2) is 48.5 Å². The number of hydrogen-bond acceptors (Lipinski definition) is 4. The van der Waals surface area contributed by atoms with E-state index in [1.807, 2.05) is 30.3 Å². The summed E-state index contributed by atoms with van der Waals surface area (Å²) in [6, 6.07) is 14.8. The predicted molar refractivity (Wildman–Crippen MR) is 121 cm³/mol. The Morgan fingerprint density at radius 2 is 1.90 bits per heavy atom. The SMILES string of the molecule is COc1ccc(NC(=O)[C@H]2C[C@@H](C3CCN(Cc4cccc(F)c4)CC3)N(C)C2)cc1. The summed E-state index contributed by atoms with van der Waals surface area (Å²) >= 11 is 0. The zero-order valence-electron chi connectivity index (χ0n) is 18.4. The number of likely N-dealkylation sites (tertiary alicyclic amines) is 2. The van der Waals surface area contributed by atoms with E-state index in [1.165, 1.54) is 6.07 Å². The van der Waals surface area contributed by atoms with Crippen LogP contribution in [0.3, 0.4) is 0 Å². The fourth-order valence-electron chi connectivity index (χ4n) is 5.08. The molecule has 0 radical (unpaired) electrons. The van der Waals surface area contributed by atoms with E-state index in [2.05, 4.69) is 22.2 Å². The molecule has 2 aromatic carbocycles. The highest BCUT2D eigenvalue weighted by molar-refractivity contribution is 5.93. The van der Waals surface area contributed by atoms with Gasteiger partial charge in [0.15, 0.2) is 0 Å². The minimum Gasteiger partial charge on any atom is -0.497 e. The fraction of sp³-hybridized carbons (Fsp3) is 0.480. The molecular formula is C25H32FN3O2. The number of nitrogens with one attached hydrogen (secondary N) is 1. The summed E-state index contributed by atoms with van der Waals surface area (Å²) in [7, 11) is 3.78. The Morgan fingerprint density at radius 1 is 1.16 bits per heavy atom. The Bertz CT molecular complexity index is 881. The summed E-state index contributed by atoms with van der Waals surface area (Å²) in [4.78, 5) is 17.6. The number of benzene rings is 2. The van der Waals surface area contributed by atoms with Gasteiger partial charge in [0.05, 0.1) is 13.0 Å². The first-order valence-corrected chi connectivity index (χ1v) is 11.1. The lowest BCUT2D eigenvalue weighted by molar-refractivity contribution is -0.119. The van der Waals surface area contributed by atoms with Crippen molar-refractivity contribution in [1.82, 2.24) is 9.80 Å². The van der Waals surface area contributed by atoms with Gasteiger partial charge in [0.25, 0.3) is 0 Å². The predicted octanol–water partition coefficient (Wildman–Crippen LogP) is 4.01. The van der Waals surface area contributed by atoms with Gasteiger partial charge in [-0.05, 0) is 87.3 Å². The number of rotatable bonds is 6. The van der Waals surface area contributed by atoms with Crippen molar-refractivity contribution in [3.63, 3.8) is 0 Å². The van der Waals surface area contributed by atoms with E-state index < -0.39 is 0 Å². The zero-order valence-corrected chi connectivity index (χ0v) is 18.4. The molecular weight excluding hydrogens is 393 g/mol. The number of piperidine rings is 1. The molecule has 2 heterocycles. The van der Waals surface area contributed by atoms with Crippen LogP contribution < -0.4 is 10.1 Å². The molecule has 2 aromatic rings. The number of nitrogens with zero attached hydrogens (tertiary/aromatic N) is 2. The second-order valence-electron chi connectivity index (χ2n) is 8.90. The van der Waals surface area contributed by atoms with Gasteiger partial charge in [-0.2, -0.15) is 0 Å². The molecule has 2 fully saturated rings. The molecule has 0 aromatic heterocycles. The number of carbonyl (C=O) groups is 1. The van der Waals surface area contributed by atoms with Gasteiger partial charge in [-0.15, -0.1) is 0 Å². The largest absolute Gasteiger partial charge is 0.497 e. The van der Waals surface area contributed by atoms with Crippen LogP contribution in [0.1, 0.15) is 24.8 Å². The molecule has 1 amide bonds. The van der Waals surface area contributed by atoms with Gasteiger partial charge in [0.2, 0.25) is 5.91 Å². The molecule has 0 saturated carbocycles. The molecule has 2 atom stereocenters. The third-order valence-electron chi connectivity index (χ3n) is 6.80. The summed E-state index contributed by atoms with van der Waals surface area (Å²) in [6.07, 6.45) is 3.15. The first kappa shape index (κ1) is 21.8. The Balaban J connectivity index is 1.27. The first-order chi connectivity index (χ1) is 15.0. The number of hydrogen-bond donors (Lipinski definition) is 1. The number of anilines is 1. The molecule has 2 aliphatic heterocycles. The van der Waals surface area contributed by atoms with Crippen molar-refractivity contribution in [1.29, 1.82) is 0 Å². The lowest BCUT2D eigenvalue weighted by atomic mass is 9.86. The Morgan fingerprint density at radius 3 is 2.58 bits per heavy atom. The number of amides is 1. The van der Waals surface area contributed by atoms with Crippen LogP contribution in [0, 0.1) is 17.7 Å². The van der Waals surface area contributed by atoms with E-state index in [0.717, 1.165) is 62.4 Å². The lowest BCUT2D eigenvalue weighted by Gasteiger charge is -2.37. The second-order valence-corrected chi connectivity index (χ2v) is 8.90. The minimum atomic E-state index is -0.168. The van der Waals surface area contributed by atoms with Crippen molar-refractivity contribution in [2.75, 3.05) is 39.1 Å². The number of carbonyl (C=O) groups excluding carboxylic acids is 1. The standard InChI is InChI=1S/C25H32FN3O2/c1-28-17-20(25(30)27-22-6-8-23(31-2)9-7-22)15-24(28)19-10-12-29(13-11-19)16-18-4-3-5-21(26)14-18/h3-9,14,19-20,24H,10-13,15-17H2,1-2H3,(H,27,30)/t20-,24-/m0/s1. The van der Waals surface area contributed by atoms with Crippen molar-refractivity contribution in [2.45, 2.75) is 31.8 Å². The number of ether oxygens (including phenoxy) is 1. The Labute approximate surface area is 184 Å². The van der Waals surface area contributed by atoms with Crippen molar-refractivity contribution >= 4 is 11.6 Å². The molecule has 5 nitrogen and oxygen atoms in total. The van der Waals surface area contributed by atoms with Crippen molar-refractivity contribution < 1.29 is 13.9 Å². The summed E-state index contributed by atoms with van der Waals surface area (Å²) < 4.78 is 18.6. The molecule has 1 N–H and O–H groups in total. The third kappa shape index (κ3) is 5.43. The van der Waals surface area contributed by atoms with Gasteiger partial charge in [-0.1, -0.05) is 12.1 Å². The monoisotopic (exact) mass is 425 g/mol. The van der Waals surface area contributed by atoms with Crippen molar-refractivity contribution in [3.05, 3.63) is 59.9 Å². The zero-order chi connectivity index (χ0) is 21.8. The van der Waals surface area contributed by atoms with E-state index in [0.29, 0.717) is 12.0 Å². The van der Waals surface area contributed by atoms with E-state index in [1.54, 1.807) is 19.2 Å². The van der Waals surface area contributed by atoms with Gasteiger partial charge in [-0.3, -0.25) is 9.69 Å². The maximum Gasteiger partial charge on any atom is 0.228 e. The fourth-order valence-corrected chi connectivity index (χ4v) is 5.08. The van der Waals surface area contributed by atoms with Gasteiger partial charge < -0.3 is 15.0 Å². The summed E-state index contributed by atoms with van der Waals surface area (Å²) in [5.74, 6) is 1.33. The van der Waals surface area contributed by atoms with Gasteiger partial charge in [0, 0.05) is 24.8 Å². The van der Waals surface area contributed by atoms with Crippen LogP contribution in [0.4, 0.5) is 10.1 Å². The normalized spacial score (nSPS) is 23.1. The van der Waals surface area contributed by atoms with Gasteiger partial charge in [0.1, 0.15) is 11.6 Å². The molecule has 31 heavy (non-hydrogen) atoms. The van der Waals surface area contributed by atoms with E-state index in [-0.39, 0.29) is 17.6 Å². The first-order valence-electron chi connectivity index (χ1n) is 11.1. The molecule has 2 saturated heterocycles. The molecule has 6 heteroatoms. The Hall–Kier alpha value is -2.44. The maximum absolute atomic E-state index is 13.4. The lowest BCUT2D eigenvalue weighted by Crippen LogP contribution is -2.41. The van der Waals surface area contributed by atoms with Crippen LogP contribution >= 0.6 is 0 Å². The minimum absolute atomic E-state index is 0.0161. The second kappa shape index (κ2) is 9.79. The molecule has 2 aliphatic rings.